The molecule has 0 spiro atoms. The average Bonchev–Trinajstić information content (AvgIpc) is 3.40. The Hall–Kier alpha value is -4.86. The minimum Gasteiger partial charge on any atom is -0.226 e. The van der Waals surface area contributed by atoms with Gasteiger partial charge in [-0.2, -0.15) is 0 Å². The molecule has 0 saturated heterocycles. The molecule has 6 aromatic carbocycles. The second-order valence-corrected chi connectivity index (χ2v) is 10.9. The number of thiophene rings is 1. The fourth-order valence-corrected chi connectivity index (χ4v) is 6.78. The Morgan fingerprint density at radius 2 is 1.15 bits per heavy atom. The largest absolute Gasteiger partial charge is 0.226 e. The minimum absolute atomic E-state index is 0.746. The second kappa shape index (κ2) is 8.87. The van der Waals surface area contributed by atoms with Crippen LogP contribution in [0.4, 0.5) is 0 Å². The SMILES string of the molecule is c1ccc(-c2cccc(-c3nc(-c4cccc5ccccc45)c4sc5ccc6ccccc6c5c4n3)c2)cc1. The van der Waals surface area contributed by atoms with Crippen LogP contribution in [0.15, 0.2) is 133 Å². The van der Waals surface area contributed by atoms with Crippen molar-refractivity contribution < 1.29 is 0 Å². The predicted octanol–water partition coefficient (Wildman–Crippen LogP) is 10.2. The van der Waals surface area contributed by atoms with Crippen LogP contribution in [0.5, 0.6) is 0 Å². The van der Waals surface area contributed by atoms with E-state index in [4.69, 9.17) is 9.97 Å². The Balaban J connectivity index is 1.48. The summed E-state index contributed by atoms with van der Waals surface area (Å²) in [6, 6.07) is 47.1. The van der Waals surface area contributed by atoms with E-state index in [-0.39, 0.29) is 0 Å². The van der Waals surface area contributed by atoms with Crippen molar-refractivity contribution in [2.24, 2.45) is 0 Å². The highest BCUT2D eigenvalue weighted by Gasteiger charge is 2.19. The average molecular weight is 515 g/mol. The van der Waals surface area contributed by atoms with E-state index in [9.17, 15) is 0 Å². The van der Waals surface area contributed by atoms with Crippen LogP contribution >= 0.6 is 11.3 Å². The van der Waals surface area contributed by atoms with Crippen LogP contribution in [-0.2, 0) is 0 Å². The normalized spacial score (nSPS) is 11.6. The van der Waals surface area contributed by atoms with E-state index in [2.05, 4.69) is 127 Å². The number of fused-ring (bicyclic) bond motifs is 6. The lowest BCUT2D eigenvalue weighted by molar-refractivity contribution is 1.24. The van der Waals surface area contributed by atoms with E-state index in [1.54, 1.807) is 11.3 Å². The number of benzene rings is 6. The highest BCUT2D eigenvalue weighted by molar-refractivity contribution is 7.26. The molecular formula is C36H22N2S. The Bertz CT molecular complexity index is 2170. The zero-order chi connectivity index (χ0) is 25.8. The van der Waals surface area contributed by atoms with Crippen molar-refractivity contribution in [3.63, 3.8) is 0 Å². The quantitative estimate of drug-likeness (QED) is 0.234. The standard InChI is InChI=1S/C36H22N2S/c1-2-10-23(11-3-1)26-15-8-16-27(22-26)36-37-33(30-19-9-14-24-12-4-6-17-28(24)30)35-34(38-36)32-29-18-7-5-13-25(29)20-21-31(32)39-35/h1-22H. The highest BCUT2D eigenvalue weighted by Crippen LogP contribution is 2.43. The summed E-state index contributed by atoms with van der Waals surface area (Å²) < 4.78 is 2.36. The molecule has 0 saturated carbocycles. The fourth-order valence-electron chi connectivity index (χ4n) is 5.62. The smallest absolute Gasteiger partial charge is 0.160 e. The monoisotopic (exact) mass is 514 g/mol. The molecule has 0 atom stereocenters. The summed E-state index contributed by atoms with van der Waals surface area (Å²) in [5.41, 5.74) is 6.49. The Kier molecular flexibility index (Phi) is 5.04. The Morgan fingerprint density at radius 3 is 2.03 bits per heavy atom. The van der Waals surface area contributed by atoms with Gasteiger partial charge in [0.2, 0.25) is 0 Å². The molecule has 8 rings (SSSR count). The molecule has 3 heteroatoms. The number of hydrogen-bond donors (Lipinski definition) is 0. The second-order valence-electron chi connectivity index (χ2n) is 9.81. The fraction of sp³-hybridized carbons (Fsp3) is 0. The number of nitrogens with zero attached hydrogens (tertiary/aromatic N) is 2. The van der Waals surface area contributed by atoms with Crippen LogP contribution in [0.2, 0.25) is 0 Å². The van der Waals surface area contributed by atoms with Gasteiger partial charge in [-0.1, -0.05) is 121 Å². The first-order valence-electron chi connectivity index (χ1n) is 13.1. The van der Waals surface area contributed by atoms with E-state index >= 15 is 0 Å². The van der Waals surface area contributed by atoms with Gasteiger partial charge in [0.15, 0.2) is 5.82 Å². The van der Waals surface area contributed by atoms with E-state index in [0.717, 1.165) is 38.4 Å². The van der Waals surface area contributed by atoms with Gasteiger partial charge >= 0.3 is 0 Å². The highest BCUT2D eigenvalue weighted by atomic mass is 32.1. The summed E-state index contributed by atoms with van der Waals surface area (Å²) in [5.74, 6) is 0.746. The molecule has 0 radical (unpaired) electrons. The first-order valence-corrected chi connectivity index (χ1v) is 13.9. The van der Waals surface area contributed by atoms with Crippen LogP contribution < -0.4 is 0 Å². The molecule has 0 aliphatic carbocycles. The lowest BCUT2D eigenvalue weighted by Crippen LogP contribution is -1.94. The van der Waals surface area contributed by atoms with Crippen molar-refractivity contribution in [3.05, 3.63) is 133 Å². The van der Waals surface area contributed by atoms with Crippen LogP contribution in [-0.4, -0.2) is 9.97 Å². The van der Waals surface area contributed by atoms with Gasteiger partial charge in [-0.25, -0.2) is 9.97 Å². The summed E-state index contributed by atoms with van der Waals surface area (Å²) in [7, 11) is 0. The van der Waals surface area contributed by atoms with Gasteiger partial charge < -0.3 is 0 Å². The van der Waals surface area contributed by atoms with Crippen LogP contribution in [0.3, 0.4) is 0 Å². The van der Waals surface area contributed by atoms with Crippen molar-refractivity contribution in [3.8, 4) is 33.8 Å². The van der Waals surface area contributed by atoms with Gasteiger partial charge in [0.05, 0.1) is 15.9 Å². The molecule has 39 heavy (non-hydrogen) atoms. The molecule has 0 amide bonds. The molecule has 8 aromatic rings. The van der Waals surface area contributed by atoms with Crippen molar-refractivity contribution in [1.82, 2.24) is 9.97 Å². The molecule has 2 heterocycles. The lowest BCUT2D eigenvalue weighted by atomic mass is 10.00. The van der Waals surface area contributed by atoms with Gasteiger partial charge in [0.25, 0.3) is 0 Å². The number of rotatable bonds is 3. The lowest BCUT2D eigenvalue weighted by Gasteiger charge is -2.11. The summed E-state index contributed by atoms with van der Waals surface area (Å²) in [4.78, 5) is 10.6. The molecule has 2 aromatic heterocycles. The third kappa shape index (κ3) is 3.63. The van der Waals surface area contributed by atoms with Gasteiger partial charge in [-0.05, 0) is 44.8 Å². The van der Waals surface area contributed by atoms with Crippen molar-refractivity contribution in [2.45, 2.75) is 0 Å². The zero-order valence-corrected chi connectivity index (χ0v) is 21.8. The molecule has 182 valence electrons. The molecule has 0 aliphatic heterocycles. The maximum absolute atomic E-state index is 5.30. The van der Waals surface area contributed by atoms with Crippen LogP contribution in [0, 0.1) is 0 Å². The molecule has 0 aliphatic rings. The maximum Gasteiger partial charge on any atom is 0.160 e. The number of aromatic nitrogens is 2. The van der Waals surface area contributed by atoms with Gasteiger partial charge in [-0.15, -0.1) is 11.3 Å². The molecular weight excluding hydrogens is 492 g/mol. The van der Waals surface area contributed by atoms with Gasteiger partial charge in [0, 0.05) is 21.2 Å². The van der Waals surface area contributed by atoms with E-state index in [0.29, 0.717) is 0 Å². The first kappa shape index (κ1) is 22.2. The molecule has 0 N–H and O–H groups in total. The third-order valence-corrected chi connectivity index (χ3v) is 8.63. The summed E-state index contributed by atoms with van der Waals surface area (Å²) in [6.07, 6.45) is 0. The van der Waals surface area contributed by atoms with E-state index in [1.807, 2.05) is 6.07 Å². The van der Waals surface area contributed by atoms with Crippen LogP contribution in [0.25, 0.3) is 75.6 Å². The maximum atomic E-state index is 5.30. The molecule has 0 unspecified atom stereocenters. The Morgan fingerprint density at radius 1 is 0.487 bits per heavy atom. The van der Waals surface area contributed by atoms with Crippen molar-refractivity contribution in [2.75, 3.05) is 0 Å². The van der Waals surface area contributed by atoms with Gasteiger partial charge in [-0.3, -0.25) is 0 Å². The summed E-state index contributed by atoms with van der Waals surface area (Å²) in [5, 5.41) is 6.07. The molecule has 2 nitrogen and oxygen atoms in total. The number of hydrogen-bond acceptors (Lipinski definition) is 3. The summed E-state index contributed by atoms with van der Waals surface area (Å²) in [6.45, 7) is 0. The topological polar surface area (TPSA) is 25.8 Å². The zero-order valence-electron chi connectivity index (χ0n) is 21.0. The van der Waals surface area contributed by atoms with Crippen molar-refractivity contribution in [1.29, 1.82) is 0 Å². The molecule has 0 fully saturated rings. The Labute approximate surface area is 229 Å². The molecule has 0 bridgehead atoms. The van der Waals surface area contributed by atoms with E-state index < -0.39 is 0 Å². The third-order valence-electron chi connectivity index (χ3n) is 7.48. The van der Waals surface area contributed by atoms with Crippen molar-refractivity contribution >= 4 is 53.2 Å². The van der Waals surface area contributed by atoms with E-state index in [1.165, 1.54) is 37.2 Å². The van der Waals surface area contributed by atoms with Gasteiger partial charge in [0.1, 0.15) is 0 Å². The predicted molar refractivity (Wildman–Crippen MR) is 166 cm³/mol. The first-order chi connectivity index (χ1) is 19.3. The van der Waals surface area contributed by atoms with Crippen LogP contribution in [0.1, 0.15) is 0 Å². The minimum atomic E-state index is 0.746. The summed E-state index contributed by atoms with van der Waals surface area (Å²) >= 11 is 1.79.